The summed E-state index contributed by atoms with van der Waals surface area (Å²) in [6, 6.07) is 18.3. The zero-order valence-corrected chi connectivity index (χ0v) is 17.7. The number of benzene rings is 2. The van der Waals surface area contributed by atoms with Crippen LogP contribution in [-0.2, 0) is 0 Å². The normalized spacial score (nSPS) is 11.7. The van der Waals surface area contributed by atoms with Gasteiger partial charge in [-0.25, -0.2) is 4.68 Å². The zero-order valence-electron chi connectivity index (χ0n) is 17.0. The Morgan fingerprint density at radius 3 is 2.55 bits per heavy atom. The fraction of sp³-hybridized carbons (Fsp3) is 0.130. The van der Waals surface area contributed by atoms with E-state index in [2.05, 4.69) is 20.6 Å². The van der Waals surface area contributed by atoms with Crippen molar-refractivity contribution >= 4 is 17.5 Å². The van der Waals surface area contributed by atoms with Gasteiger partial charge in [-0.1, -0.05) is 47.1 Å². The van der Waals surface area contributed by atoms with Crippen LogP contribution in [0.3, 0.4) is 0 Å². The number of hydrogen-bond acceptors (Lipinski definition) is 5. The fourth-order valence-corrected chi connectivity index (χ4v) is 3.46. The van der Waals surface area contributed by atoms with Crippen molar-refractivity contribution < 1.29 is 9.53 Å². The maximum absolute atomic E-state index is 13.2. The summed E-state index contributed by atoms with van der Waals surface area (Å²) in [6.07, 6.45) is 3.30. The van der Waals surface area contributed by atoms with Crippen LogP contribution in [0.15, 0.2) is 73.1 Å². The number of nitrogens with zero attached hydrogens (tertiary/aromatic N) is 4. The first-order chi connectivity index (χ1) is 15.1. The Bertz CT molecular complexity index is 1200. The number of carbonyl (C=O) groups is 1. The van der Waals surface area contributed by atoms with E-state index in [-0.39, 0.29) is 17.6 Å². The monoisotopic (exact) mass is 433 g/mol. The molecule has 8 heteroatoms. The fourth-order valence-electron chi connectivity index (χ4n) is 3.29. The zero-order chi connectivity index (χ0) is 21.8. The van der Waals surface area contributed by atoms with Gasteiger partial charge < -0.3 is 10.1 Å². The van der Waals surface area contributed by atoms with Crippen LogP contribution in [0.1, 0.15) is 29.0 Å². The van der Waals surface area contributed by atoms with Gasteiger partial charge in [-0.3, -0.25) is 9.78 Å². The molecule has 4 aromatic rings. The average molecular weight is 434 g/mol. The molecule has 0 saturated heterocycles. The van der Waals surface area contributed by atoms with Crippen molar-refractivity contribution in [1.29, 1.82) is 0 Å². The number of pyridine rings is 1. The quantitative estimate of drug-likeness (QED) is 0.484. The lowest BCUT2D eigenvalue weighted by Crippen LogP contribution is -2.27. The Balaban J connectivity index is 1.79. The van der Waals surface area contributed by atoms with Gasteiger partial charge in [0, 0.05) is 23.0 Å². The molecular weight excluding hydrogens is 414 g/mol. The summed E-state index contributed by atoms with van der Waals surface area (Å²) in [4.78, 5) is 17.3. The van der Waals surface area contributed by atoms with E-state index in [1.165, 1.54) is 0 Å². The number of amides is 1. The molecule has 1 atom stereocenters. The lowest BCUT2D eigenvalue weighted by Gasteiger charge is -2.15. The van der Waals surface area contributed by atoms with Crippen molar-refractivity contribution in [3.8, 4) is 22.7 Å². The Morgan fingerprint density at radius 2 is 1.84 bits per heavy atom. The molecule has 1 N–H and O–H groups in total. The van der Waals surface area contributed by atoms with Gasteiger partial charge in [0.15, 0.2) is 5.69 Å². The van der Waals surface area contributed by atoms with E-state index in [0.29, 0.717) is 22.2 Å². The third kappa shape index (κ3) is 4.27. The molecule has 0 radical (unpaired) electrons. The van der Waals surface area contributed by atoms with E-state index in [1.54, 1.807) is 54.5 Å². The SMILES string of the molecule is COc1ccc(Cl)cc1-n1nnc(C(=O)N[C@H](C)c2ccccc2)c1-c1ccncc1. The lowest BCUT2D eigenvalue weighted by molar-refractivity contribution is 0.0935. The minimum Gasteiger partial charge on any atom is -0.494 e. The molecule has 1 amide bonds. The number of nitrogens with one attached hydrogen (secondary N) is 1. The van der Waals surface area contributed by atoms with Crippen LogP contribution in [0.5, 0.6) is 5.75 Å². The molecule has 0 spiro atoms. The molecule has 7 nitrogen and oxygen atoms in total. The minimum atomic E-state index is -0.338. The summed E-state index contributed by atoms with van der Waals surface area (Å²) >= 11 is 6.22. The number of carbonyl (C=O) groups excluding carboxylic acids is 1. The van der Waals surface area contributed by atoms with Crippen LogP contribution in [0, 0.1) is 0 Å². The predicted molar refractivity (Wildman–Crippen MR) is 118 cm³/mol. The Labute approximate surface area is 184 Å². The van der Waals surface area contributed by atoms with Gasteiger partial charge >= 0.3 is 0 Å². The lowest BCUT2D eigenvalue weighted by atomic mass is 10.1. The molecule has 31 heavy (non-hydrogen) atoms. The van der Waals surface area contributed by atoms with Crippen LogP contribution in [0.25, 0.3) is 16.9 Å². The minimum absolute atomic E-state index is 0.191. The summed E-state index contributed by atoms with van der Waals surface area (Å²) < 4.78 is 7.04. The second-order valence-corrected chi connectivity index (χ2v) is 7.29. The highest BCUT2D eigenvalue weighted by Gasteiger charge is 2.25. The van der Waals surface area contributed by atoms with E-state index >= 15 is 0 Å². The van der Waals surface area contributed by atoms with Crippen molar-refractivity contribution in [3.05, 3.63) is 89.3 Å². The maximum atomic E-state index is 13.2. The smallest absolute Gasteiger partial charge is 0.274 e. The van der Waals surface area contributed by atoms with Gasteiger partial charge in [0.05, 0.1) is 13.2 Å². The molecule has 0 saturated carbocycles. The second-order valence-electron chi connectivity index (χ2n) is 6.86. The standard InChI is InChI=1S/C23H20ClN5O2/c1-15(16-6-4-3-5-7-16)26-23(30)21-22(17-10-12-25-13-11-17)29(28-27-21)19-14-18(24)8-9-20(19)31-2/h3-15H,1-2H3,(H,26,30)/t15-/m1/s1. The molecular formula is C23H20ClN5O2. The highest BCUT2D eigenvalue weighted by atomic mass is 35.5. The third-order valence-corrected chi connectivity index (χ3v) is 5.09. The highest BCUT2D eigenvalue weighted by Crippen LogP contribution is 2.31. The first-order valence-corrected chi connectivity index (χ1v) is 10.0. The topological polar surface area (TPSA) is 81.9 Å². The molecule has 0 unspecified atom stereocenters. The predicted octanol–water partition coefficient (Wildman–Crippen LogP) is 4.48. The van der Waals surface area contributed by atoms with Crippen LogP contribution < -0.4 is 10.1 Å². The second kappa shape index (κ2) is 8.97. The van der Waals surface area contributed by atoms with Gasteiger partial charge in [0.25, 0.3) is 5.91 Å². The van der Waals surface area contributed by atoms with Crippen molar-refractivity contribution in [2.75, 3.05) is 7.11 Å². The van der Waals surface area contributed by atoms with Crippen LogP contribution in [0.4, 0.5) is 0 Å². The Morgan fingerprint density at radius 1 is 1.10 bits per heavy atom. The maximum Gasteiger partial charge on any atom is 0.274 e. The molecule has 0 fully saturated rings. The summed E-state index contributed by atoms with van der Waals surface area (Å²) in [6.45, 7) is 1.92. The molecule has 0 aliphatic rings. The van der Waals surface area contributed by atoms with Crippen molar-refractivity contribution in [2.45, 2.75) is 13.0 Å². The Hall–Kier alpha value is -3.71. The number of methoxy groups -OCH3 is 1. The number of halogens is 1. The number of aromatic nitrogens is 4. The van der Waals surface area contributed by atoms with Crippen molar-refractivity contribution in [2.24, 2.45) is 0 Å². The Kier molecular flexibility index (Phi) is 5.95. The number of rotatable bonds is 6. The largest absolute Gasteiger partial charge is 0.494 e. The van der Waals surface area contributed by atoms with E-state index in [4.69, 9.17) is 16.3 Å². The van der Waals surface area contributed by atoms with Gasteiger partial charge in [-0.2, -0.15) is 0 Å². The van der Waals surface area contributed by atoms with Gasteiger partial charge in [-0.15, -0.1) is 5.10 Å². The average Bonchev–Trinajstić information content (AvgIpc) is 3.25. The first-order valence-electron chi connectivity index (χ1n) is 9.64. The first kappa shape index (κ1) is 20.6. The van der Waals surface area contributed by atoms with Gasteiger partial charge in [0.1, 0.15) is 17.1 Å². The summed E-state index contributed by atoms with van der Waals surface area (Å²) in [5.41, 5.74) is 3.01. The molecule has 2 aromatic carbocycles. The number of hydrogen-bond donors (Lipinski definition) is 1. The molecule has 2 heterocycles. The third-order valence-electron chi connectivity index (χ3n) is 4.86. The highest BCUT2D eigenvalue weighted by molar-refractivity contribution is 6.30. The molecule has 156 valence electrons. The molecule has 0 aliphatic carbocycles. The van der Waals surface area contributed by atoms with Crippen LogP contribution >= 0.6 is 11.6 Å². The van der Waals surface area contributed by atoms with Gasteiger partial charge in [0.2, 0.25) is 0 Å². The molecule has 0 aliphatic heterocycles. The van der Waals surface area contributed by atoms with Crippen LogP contribution in [0.2, 0.25) is 5.02 Å². The van der Waals surface area contributed by atoms with Crippen LogP contribution in [-0.4, -0.2) is 33.0 Å². The summed E-state index contributed by atoms with van der Waals surface area (Å²) in [5.74, 6) is 0.213. The van der Waals surface area contributed by atoms with Gasteiger partial charge in [-0.05, 0) is 42.8 Å². The van der Waals surface area contributed by atoms with E-state index in [1.807, 2.05) is 37.3 Å². The molecule has 0 bridgehead atoms. The summed E-state index contributed by atoms with van der Waals surface area (Å²) in [7, 11) is 1.56. The van der Waals surface area contributed by atoms with E-state index < -0.39 is 0 Å². The van der Waals surface area contributed by atoms with Crippen molar-refractivity contribution in [1.82, 2.24) is 25.3 Å². The molecule has 2 aromatic heterocycles. The number of ether oxygens (including phenoxy) is 1. The summed E-state index contributed by atoms with van der Waals surface area (Å²) in [5, 5.41) is 12.0. The van der Waals surface area contributed by atoms with E-state index in [0.717, 1.165) is 11.1 Å². The van der Waals surface area contributed by atoms with E-state index in [9.17, 15) is 4.79 Å². The molecule has 4 rings (SSSR count). The van der Waals surface area contributed by atoms with Crippen molar-refractivity contribution in [3.63, 3.8) is 0 Å².